The molecule has 1 aromatic carbocycles. The molecule has 0 radical (unpaired) electrons. The van der Waals surface area contributed by atoms with Gasteiger partial charge in [0.15, 0.2) is 0 Å². The first kappa shape index (κ1) is 13.7. The van der Waals surface area contributed by atoms with Crippen LogP contribution in [0.2, 0.25) is 0 Å². The zero-order valence-corrected chi connectivity index (χ0v) is 12.6. The number of benzene rings is 1. The summed E-state index contributed by atoms with van der Waals surface area (Å²) in [4.78, 5) is 8.84. The molecule has 0 atom stereocenters. The van der Waals surface area contributed by atoms with Gasteiger partial charge >= 0.3 is 0 Å². The van der Waals surface area contributed by atoms with E-state index in [1.165, 1.54) is 10.3 Å². The summed E-state index contributed by atoms with van der Waals surface area (Å²) in [7, 11) is 0. The van der Waals surface area contributed by atoms with E-state index in [9.17, 15) is 0 Å². The van der Waals surface area contributed by atoms with E-state index in [0.29, 0.717) is 0 Å². The van der Waals surface area contributed by atoms with Crippen LogP contribution in [0.25, 0.3) is 21.3 Å². The highest BCUT2D eigenvalue weighted by Crippen LogP contribution is 2.27. The second-order valence-corrected chi connectivity index (χ2v) is 5.34. The minimum atomic E-state index is 1.04. The molecule has 0 aliphatic rings. The van der Waals surface area contributed by atoms with E-state index >= 15 is 0 Å². The van der Waals surface area contributed by atoms with Gasteiger partial charge in [0.25, 0.3) is 0 Å². The second-order valence-electron chi connectivity index (χ2n) is 4.10. The van der Waals surface area contributed by atoms with Gasteiger partial charge in [0.2, 0.25) is 0 Å². The summed E-state index contributed by atoms with van der Waals surface area (Å²) in [6.07, 6.45) is 1.91. The minimum absolute atomic E-state index is 1.04. The molecule has 0 saturated carbocycles. The fourth-order valence-electron chi connectivity index (χ4n) is 1.86. The van der Waals surface area contributed by atoms with Crippen molar-refractivity contribution in [2.45, 2.75) is 27.7 Å². The summed E-state index contributed by atoms with van der Waals surface area (Å²) in [6, 6.07) is 10.5. The molecule has 3 heteroatoms. The van der Waals surface area contributed by atoms with Gasteiger partial charge in [-0.3, -0.25) is 4.98 Å². The standard InChI is InChI=1S/C14H12N2S.C2H6/c1-9-3-4-12(8-15-9)11-5-6-14-13(7-11)16-10(2)17-14;1-2/h3-8H,1-2H3;1-2H3. The average molecular weight is 270 g/mol. The topological polar surface area (TPSA) is 25.8 Å². The number of aryl methyl sites for hydroxylation is 2. The van der Waals surface area contributed by atoms with Crippen molar-refractivity contribution in [2.75, 3.05) is 0 Å². The van der Waals surface area contributed by atoms with Gasteiger partial charge in [-0.25, -0.2) is 4.98 Å². The maximum Gasteiger partial charge on any atom is 0.0907 e. The zero-order valence-electron chi connectivity index (χ0n) is 11.8. The molecule has 98 valence electrons. The summed E-state index contributed by atoms with van der Waals surface area (Å²) in [5.74, 6) is 0. The van der Waals surface area contributed by atoms with Gasteiger partial charge in [0, 0.05) is 17.5 Å². The molecule has 2 nitrogen and oxygen atoms in total. The lowest BCUT2D eigenvalue weighted by atomic mass is 10.1. The molecular formula is C16H18N2S. The van der Waals surface area contributed by atoms with Crippen molar-refractivity contribution in [1.82, 2.24) is 9.97 Å². The Morgan fingerprint density at radius 3 is 2.37 bits per heavy atom. The van der Waals surface area contributed by atoms with Gasteiger partial charge in [0.1, 0.15) is 0 Å². The van der Waals surface area contributed by atoms with Crippen molar-refractivity contribution < 1.29 is 0 Å². The maximum absolute atomic E-state index is 4.51. The number of rotatable bonds is 1. The van der Waals surface area contributed by atoms with Crippen LogP contribution in [0.5, 0.6) is 0 Å². The van der Waals surface area contributed by atoms with Crippen molar-refractivity contribution >= 4 is 21.6 Å². The SMILES string of the molecule is CC.Cc1ccc(-c2ccc3sc(C)nc3c2)cn1. The van der Waals surface area contributed by atoms with Gasteiger partial charge < -0.3 is 0 Å². The van der Waals surface area contributed by atoms with Gasteiger partial charge in [-0.15, -0.1) is 11.3 Å². The van der Waals surface area contributed by atoms with Gasteiger partial charge in [0.05, 0.1) is 15.2 Å². The summed E-state index contributed by atoms with van der Waals surface area (Å²) in [5.41, 5.74) is 4.43. The third kappa shape index (κ3) is 2.99. The van der Waals surface area contributed by atoms with Crippen LogP contribution in [0.4, 0.5) is 0 Å². The Balaban J connectivity index is 0.000000637. The highest BCUT2D eigenvalue weighted by atomic mass is 32.1. The van der Waals surface area contributed by atoms with E-state index in [-0.39, 0.29) is 0 Å². The zero-order chi connectivity index (χ0) is 13.8. The van der Waals surface area contributed by atoms with Gasteiger partial charge in [-0.05, 0) is 37.6 Å². The highest BCUT2D eigenvalue weighted by Gasteiger charge is 2.03. The van der Waals surface area contributed by atoms with E-state index in [1.54, 1.807) is 11.3 Å². The summed E-state index contributed by atoms with van der Waals surface area (Å²) in [6.45, 7) is 8.04. The Labute approximate surface area is 118 Å². The molecule has 0 aliphatic carbocycles. The van der Waals surface area contributed by atoms with E-state index in [0.717, 1.165) is 21.8 Å². The number of hydrogen-bond acceptors (Lipinski definition) is 3. The third-order valence-electron chi connectivity index (χ3n) is 2.74. The molecule has 0 saturated heterocycles. The van der Waals surface area contributed by atoms with Crippen molar-refractivity contribution in [1.29, 1.82) is 0 Å². The number of pyridine rings is 1. The Morgan fingerprint density at radius 1 is 0.947 bits per heavy atom. The molecule has 0 N–H and O–H groups in total. The lowest BCUT2D eigenvalue weighted by molar-refractivity contribution is 1.20. The van der Waals surface area contributed by atoms with E-state index in [1.807, 2.05) is 40.0 Å². The number of nitrogens with zero attached hydrogens (tertiary/aromatic N) is 2. The quantitative estimate of drug-likeness (QED) is 0.621. The second kappa shape index (κ2) is 5.93. The Morgan fingerprint density at radius 2 is 1.68 bits per heavy atom. The predicted molar refractivity (Wildman–Crippen MR) is 83.7 cm³/mol. The van der Waals surface area contributed by atoms with Crippen LogP contribution in [0, 0.1) is 13.8 Å². The monoisotopic (exact) mass is 270 g/mol. The fraction of sp³-hybridized carbons (Fsp3) is 0.250. The van der Waals surface area contributed by atoms with Crippen molar-refractivity contribution in [3.05, 3.63) is 47.2 Å². The molecule has 0 aliphatic heterocycles. The van der Waals surface area contributed by atoms with Crippen molar-refractivity contribution in [2.24, 2.45) is 0 Å². The van der Waals surface area contributed by atoms with Crippen LogP contribution in [0.15, 0.2) is 36.5 Å². The predicted octanol–water partition coefficient (Wildman–Crippen LogP) is 5.00. The number of thiazole rings is 1. The minimum Gasteiger partial charge on any atom is -0.261 e. The molecule has 19 heavy (non-hydrogen) atoms. The summed E-state index contributed by atoms with van der Waals surface area (Å²) < 4.78 is 1.24. The first-order valence-electron chi connectivity index (χ1n) is 6.52. The molecule has 0 unspecified atom stereocenters. The molecule has 3 aromatic rings. The normalized spacial score (nSPS) is 10.1. The van der Waals surface area contributed by atoms with Crippen LogP contribution >= 0.6 is 11.3 Å². The number of fused-ring (bicyclic) bond motifs is 1. The van der Waals surface area contributed by atoms with E-state index < -0.39 is 0 Å². The average Bonchev–Trinajstić information content (AvgIpc) is 2.81. The van der Waals surface area contributed by atoms with Crippen molar-refractivity contribution in [3.8, 4) is 11.1 Å². The number of aromatic nitrogens is 2. The Bertz CT molecular complexity index is 669. The van der Waals surface area contributed by atoms with Crippen LogP contribution in [-0.2, 0) is 0 Å². The molecule has 0 spiro atoms. The molecule has 0 fully saturated rings. The lowest BCUT2D eigenvalue weighted by Crippen LogP contribution is -1.82. The van der Waals surface area contributed by atoms with Crippen LogP contribution in [0.1, 0.15) is 24.5 Å². The van der Waals surface area contributed by atoms with Crippen LogP contribution in [0.3, 0.4) is 0 Å². The van der Waals surface area contributed by atoms with Gasteiger partial charge in [-0.1, -0.05) is 26.0 Å². The van der Waals surface area contributed by atoms with Crippen LogP contribution < -0.4 is 0 Å². The summed E-state index contributed by atoms with van der Waals surface area (Å²) in [5, 5.41) is 1.11. The summed E-state index contributed by atoms with van der Waals surface area (Å²) >= 11 is 1.73. The molecule has 2 heterocycles. The Kier molecular flexibility index (Phi) is 4.27. The fourth-order valence-corrected chi connectivity index (χ4v) is 2.67. The molecule has 3 rings (SSSR count). The van der Waals surface area contributed by atoms with E-state index in [4.69, 9.17) is 0 Å². The smallest absolute Gasteiger partial charge is 0.0907 e. The number of hydrogen-bond donors (Lipinski definition) is 0. The molecule has 0 amide bonds. The molecule has 0 bridgehead atoms. The first-order valence-corrected chi connectivity index (χ1v) is 7.34. The van der Waals surface area contributed by atoms with Crippen molar-refractivity contribution in [3.63, 3.8) is 0 Å². The molecular weight excluding hydrogens is 252 g/mol. The maximum atomic E-state index is 4.51. The molecule has 2 aromatic heterocycles. The van der Waals surface area contributed by atoms with Crippen LogP contribution in [-0.4, -0.2) is 9.97 Å². The Hall–Kier alpha value is -1.74. The lowest BCUT2D eigenvalue weighted by Gasteiger charge is -2.01. The van der Waals surface area contributed by atoms with Gasteiger partial charge in [-0.2, -0.15) is 0 Å². The first-order chi connectivity index (χ1) is 9.22. The largest absolute Gasteiger partial charge is 0.261 e. The van der Waals surface area contributed by atoms with E-state index in [2.05, 4.69) is 34.2 Å². The highest BCUT2D eigenvalue weighted by molar-refractivity contribution is 7.18. The third-order valence-corrected chi connectivity index (χ3v) is 3.69.